The summed E-state index contributed by atoms with van der Waals surface area (Å²) in [5, 5.41) is 0. The Morgan fingerprint density at radius 3 is 2.19 bits per heavy atom. The lowest BCUT2D eigenvalue weighted by Gasteiger charge is -2.32. The number of benzene rings is 3. The molecular formula is C34H37FO. The normalized spacial score (nSPS) is 18.6. The molecule has 2 unspecified atom stereocenters. The number of hydrogen-bond acceptors (Lipinski definition) is 1. The average Bonchev–Trinajstić information content (AvgIpc) is 2.92. The highest BCUT2D eigenvalue weighted by molar-refractivity contribution is 5.77. The van der Waals surface area contributed by atoms with Gasteiger partial charge >= 0.3 is 0 Å². The average molecular weight is 481 g/mol. The van der Waals surface area contributed by atoms with Gasteiger partial charge in [-0.2, -0.15) is 0 Å². The number of rotatable bonds is 12. The van der Waals surface area contributed by atoms with Gasteiger partial charge in [0.15, 0.2) is 6.29 Å². The van der Waals surface area contributed by atoms with E-state index in [-0.39, 0.29) is 0 Å². The number of carbonyl (C=O) groups is 1. The molecule has 0 aliphatic heterocycles. The van der Waals surface area contributed by atoms with Crippen molar-refractivity contribution in [3.8, 4) is 11.1 Å². The minimum atomic E-state index is -2.07. The second-order valence-corrected chi connectivity index (χ2v) is 9.95. The van der Waals surface area contributed by atoms with Crippen LogP contribution in [0.4, 0.5) is 4.39 Å². The van der Waals surface area contributed by atoms with Crippen molar-refractivity contribution in [1.29, 1.82) is 0 Å². The van der Waals surface area contributed by atoms with Crippen LogP contribution in [0, 0.1) is 0 Å². The van der Waals surface area contributed by atoms with Crippen LogP contribution >= 0.6 is 0 Å². The molecule has 0 bridgehead atoms. The first-order chi connectivity index (χ1) is 17.6. The molecule has 0 fully saturated rings. The van der Waals surface area contributed by atoms with E-state index in [2.05, 4.69) is 43.8 Å². The van der Waals surface area contributed by atoms with Gasteiger partial charge in [0.25, 0.3) is 0 Å². The van der Waals surface area contributed by atoms with Crippen LogP contribution in [0.1, 0.15) is 79.2 Å². The minimum Gasteiger partial charge on any atom is -0.299 e. The molecule has 186 valence electrons. The van der Waals surface area contributed by atoms with Crippen LogP contribution < -0.4 is 0 Å². The number of aldehydes is 1. The first kappa shape index (κ1) is 25.8. The quantitative estimate of drug-likeness (QED) is 0.143. The minimum absolute atomic E-state index is 0.471. The topological polar surface area (TPSA) is 17.1 Å². The molecule has 1 nitrogen and oxygen atoms in total. The molecule has 36 heavy (non-hydrogen) atoms. The molecule has 0 saturated heterocycles. The molecule has 2 atom stereocenters. The van der Waals surface area contributed by atoms with Gasteiger partial charge < -0.3 is 0 Å². The van der Waals surface area contributed by atoms with E-state index in [9.17, 15) is 4.79 Å². The number of unbranched alkanes of at least 4 members (excludes halogenated alkanes) is 4. The fraction of sp³-hybridized carbons (Fsp3) is 0.324. The fourth-order valence-electron chi connectivity index (χ4n) is 5.20. The maximum absolute atomic E-state index is 16.3. The number of aryl methyl sites for hydroxylation is 2. The Morgan fingerprint density at radius 1 is 0.861 bits per heavy atom. The molecule has 0 amide bonds. The van der Waals surface area contributed by atoms with Crippen molar-refractivity contribution in [2.45, 2.75) is 69.9 Å². The number of hydrogen-bond donors (Lipinski definition) is 0. The van der Waals surface area contributed by atoms with Gasteiger partial charge in [0.1, 0.15) is 0 Å². The summed E-state index contributed by atoms with van der Waals surface area (Å²) in [6, 6.07) is 22.3. The van der Waals surface area contributed by atoms with Crippen molar-refractivity contribution in [1.82, 2.24) is 0 Å². The Bertz CT molecular complexity index is 1190. The van der Waals surface area contributed by atoms with E-state index in [1.807, 2.05) is 54.6 Å². The molecule has 3 aromatic carbocycles. The van der Waals surface area contributed by atoms with E-state index in [1.165, 1.54) is 36.8 Å². The lowest BCUT2D eigenvalue weighted by molar-refractivity contribution is -0.119. The van der Waals surface area contributed by atoms with Crippen molar-refractivity contribution >= 4 is 12.4 Å². The molecular weight excluding hydrogens is 443 g/mol. The van der Waals surface area contributed by atoms with Gasteiger partial charge in [-0.05, 0) is 59.1 Å². The monoisotopic (exact) mass is 480 g/mol. The maximum atomic E-state index is 16.3. The second kappa shape index (κ2) is 12.1. The molecule has 2 heteroatoms. The molecule has 4 rings (SSSR count). The summed E-state index contributed by atoms with van der Waals surface area (Å²) in [7, 11) is 0. The van der Waals surface area contributed by atoms with Crippen LogP contribution in [0.15, 0.2) is 85.5 Å². The van der Waals surface area contributed by atoms with Crippen LogP contribution in [-0.4, -0.2) is 6.29 Å². The molecule has 1 aliphatic rings. The number of carbonyl (C=O) groups excluding carboxylic acids is 1. The Labute approximate surface area is 215 Å². The number of halogens is 1. The summed E-state index contributed by atoms with van der Waals surface area (Å²) in [5.41, 5.74) is 4.72. The molecule has 1 aliphatic carbocycles. The van der Waals surface area contributed by atoms with E-state index < -0.39 is 11.6 Å². The van der Waals surface area contributed by atoms with Gasteiger partial charge in [0.2, 0.25) is 5.67 Å². The third-order valence-electron chi connectivity index (χ3n) is 7.38. The Morgan fingerprint density at radius 2 is 1.53 bits per heavy atom. The highest BCUT2D eigenvalue weighted by Gasteiger charge is 2.43. The largest absolute Gasteiger partial charge is 0.299 e. The molecule has 0 heterocycles. The van der Waals surface area contributed by atoms with Crippen LogP contribution in [0.25, 0.3) is 17.2 Å². The zero-order valence-electron chi connectivity index (χ0n) is 21.4. The Hall–Kier alpha value is -3.26. The maximum Gasteiger partial charge on any atom is 0.201 e. The van der Waals surface area contributed by atoms with Gasteiger partial charge in [-0.3, -0.25) is 4.79 Å². The van der Waals surface area contributed by atoms with E-state index in [0.29, 0.717) is 11.8 Å². The first-order valence-electron chi connectivity index (χ1n) is 13.4. The van der Waals surface area contributed by atoms with Gasteiger partial charge in [-0.15, -0.1) is 6.58 Å². The summed E-state index contributed by atoms with van der Waals surface area (Å²) >= 11 is 0. The van der Waals surface area contributed by atoms with E-state index >= 15 is 4.39 Å². The highest BCUT2D eigenvalue weighted by Crippen LogP contribution is 2.46. The van der Waals surface area contributed by atoms with Crippen molar-refractivity contribution in [3.05, 3.63) is 113 Å². The number of allylic oxidation sites excluding steroid dienone is 2. The zero-order chi connectivity index (χ0) is 25.4. The number of alkyl halides is 1. The fourth-order valence-corrected chi connectivity index (χ4v) is 5.20. The van der Waals surface area contributed by atoms with Crippen LogP contribution in [0.3, 0.4) is 0 Å². The summed E-state index contributed by atoms with van der Waals surface area (Å²) in [6.07, 6.45) is 15.3. The van der Waals surface area contributed by atoms with Crippen molar-refractivity contribution in [3.63, 3.8) is 0 Å². The lowest BCUT2D eigenvalue weighted by atomic mass is 9.74. The van der Waals surface area contributed by atoms with E-state index in [0.717, 1.165) is 47.9 Å². The van der Waals surface area contributed by atoms with Crippen molar-refractivity contribution in [2.24, 2.45) is 0 Å². The van der Waals surface area contributed by atoms with Crippen molar-refractivity contribution < 1.29 is 9.18 Å². The standard InChI is InChI=1S/C34H37FO/c1-3-5-7-8-9-11-27-14-22-33-31(24-27)21-23-32(34(33,35)25-36)30-19-17-29(18-20-30)28-15-12-26(13-16-28)10-6-4-2/h4,12-25,32H,2-3,5-11H2,1H3. The summed E-state index contributed by atoms with van der Waals surface area (Å²) < 4.78 is 16.3. The highest BCUT2D eigenvalue weighted by atomic mass is 19.1. The van der Waals surface area contributed by atoms with Crippen LogP contribution in [-0.2, 0) is 23.3 Å². The third-order valence-corrected chi connectivity index (χ3v) is 7.38. The predicted molar refractivity (Wildman–Crippen MR) is 150 cm³/mol. The summed E-state index contributed by atoms with van der Waals surface area (Å²) in [6.45, 7) is 6.01. The summed E-state index contributed by atoms with van der Waals surface area (Å²) in [5.74, 6) is -0.641. The predicted octanol–water partition coefficient (Wildman–Crippen LogP) is 9.16. The third kappa shape index (κ3) is 5.75. The second-order valence-electron chi connectivity index (χ2n) is 9.95. The first-order valence-corrected chi connectivity index (χ1v) is 13.4. The zero-order valence-corrected chi connectivity index (χ0v) is 21.4. The van der Waals surface area contributed by atoms with Gasteiger partial charge in [-0.1, -0.05) is 118 Å². The van der Waals surface area contributed by atoms with Crippen molar-refractivity contribution in [2.75, 3.05) is 0 Å². The van der Waals surface area contributed by atoms with E-state index in [1.54, 1.807) is 0 Å². The molecule has 0 saturated carbocycles. The molecule has 0 radical (unpaired) electrons. The van der Waals surface area contributed by atoms with E-state index in [4.69, 9.17) is 0 Å². The van der Waals surface area contributed by atoms with Gasteiger partial charge in [0.05, 0.1) is 0 Å². The molecule has 0 N–H and O–H groups in total. The Kier molecular flexibility index (Phi) is 8.70. The Balaban J connectivity index is 1.50. The SMILES string of the molecule is C=CCCc1ccc(-c2ccc(C3C=Cc4cc(CCCCCCC)ccc4C3(F)C=O)cc2)cc1. The summed E-state index contributed by atoms with van der Waals surface area (Å²) in [4.78, 5) is 12.2. The smallest absolute Gasteiger partial charge is 0.201 e. The molecule has 0 spiro atoms. The lowest BCUT2D eigenvalue weighted by Crippen LogP contribution is -2.32. The van der Waals surface area contributed by atoms with Crippen LogP contribution in [0.5, 0.6) is 0 Å². The number of fused-ring (bicyclic) bond motifs is 1. The molecule has 3 aromatic rings. The van der Waals surface area contributed by atoms with Crippen LogP contribution in [0.2, 0.25) is 0 Å². The molecule has 0 aromatic heterocycles. The van der Waals surface area contributed by atoms with Gasteiger partial charge in [-0.25, -0.2) is 4.39 Å². The van der Waals surface area contributed by atoms with Gasteiger partial charge in [0, 0.05) is 11.5 Å².